The average Bonchev–Trinajstić information content (AvgIpc) is 3.08. The SMILES string of the molecule is COc1ccc(C(=O)NCCc2nc(-c3ccc(C)cc3)oc2C)cc1OC. The molecule has 2 aromatic carbocycles. The molecular formula is C22H24N2O4. The van der Waals surface area contributed by atoms with Crippen LogP contribution in [-0.4, -0.2) is 31.7 Å². The van der Waals surface area contributed by atoms with Crippen molar-refractivity contribution in [2.45, 2.75) is 20.3 Å². The maximum absolute atomic E-state index is 12.4. The maximum Gasteiger partial charge on any atom is 0.251 e. The van der Waals surface area contributed by atoms with Gasteiger partial charge in [-0.15, -0.1) is 0 Å². The van der Waals surface area contributed by atoms with Crippen molar-refractivity contribution in [3.8, 4) is 23.0 Å². The number of nitrogens with zero attached hydrogens (tertiary/aromatic N) is 1. The van der Waals surface area contributed by atoms with Gasteiger partial charge in [0.2, 0.25) is 5.89 Å². The Bertz CT molecular complexity index is 961. The molecule has 146 valence electrons. The molecule has 0 aliphatic carbocycles. The molecule has 3 aromatic rings. The summed E-state index contributed by atoms with van der Waals surface area (Å²) in [7, 11) is 3.10. The monoisotopic (exact) mass is 380 g/mol. The van der Waals surface area contributed by atoms with Crippen molar-refractivity contribution in [1.82, 2.24) is 10.3 Å². The first-order chi connectivity index (χ1) is 13.5. The second-order valence-electron chi connectivity index (χ2n) is 6.46. The summed E-state index contributed by atoms with van der Waals surface area (Å²) in [4.78, 5) is 17.0. The number of amides is 1. The van der Waals surface area contributed by atoms with Gasteiger partial charge in [-0.05, 0) is 44.2 Å². The summed E-state index contributed by atoms with van der Waals surface area (Å²) in [5.41, 5.74) is 3.47. The van der Waals surface area contributed by atoms with Crippen LogP contribution in [0.1, 0.15) is 27.4 Å². The minimum atomic E-state index is -0.180. The van der Waals surface area contributed by atoms with Crippen LogP contribution in [0, 0.1) is 13.8 Å². The fraction of sp³-hybridized carbons (Fsp3) is 0.273. The Labute approximate surface area is 164 Å². The molecule has 0 saturated carbocycles. The summed E-state index contributed by atoms with van der Waals surface area (Å²) >= 11 is 0. The first-order valence-corrected chi connectivity index (χ1v) is 9.05. The number of benzene rings is 2. The lowest BCUT2D eigenvalue weighted by atomic mass is 10.1. The zero-order chi connectivity index (χ0) is 20.1. The lowest BCUT2D eigenvalue weighted by Gasteiger charge is -2.09. The quantitative estimate of drug-likeness (QED) is 0.672. The molecule has 6 heteroatoms. The van der Waals surface area contributed by atoms with Gasteiger partial charge in [-0.25, -0.2) is 4.98 Å². The van der Waals surface area contributed by atoms with E-state index >= 15 is 0 Å². The van der Waals surface area contributed by atoms with E-state index in [2.05, 4.69) is 10.3 Å². The van der Waals surface area contributed by atoms with Crippen LogP contribution in [0.3, 0.4) is 0 Å². The first-order valence-electron chi connectivity index (χ1n) is 9.05. The van der Waals surface area contributed by atoms with E-state index in [1.807, 2.05) is 38.1 Å². The minimum Gasteiger partial charge on any atom is -0.493 e. The largest absolute Gasteiger partial charge is 0.493 e. The molecule has 6 nitrogen and oxygen atoms in total. The number of carbonyl (C=O) groups excluding carboxylic acids is 1. The van der Waals surface area contributed by atoms with E-state index in [0.29, 0.717) is 35.9 Å². The van der Waals surface area contributed by atoms with Crippen molar-refractivity contribution in [2.75, 3.05) is 20.8 Å². The summed E-state index contributed by atoms with van der Waals surface area (Å²) in [6.07, 6.45) is 0.584. The van der Waals surface area contributed by atoms with Crippen LogP contribution in [0.5, 0.6) is 11.5 Å². The van der Waals surface area contributed by atoms with Crippen LogP contribution >= 0.6 is 0 Å². The molecule has 0 saturated heterocycles. The fourth-order valence-corrected chi connectivity index (χ4v) is 2.85. The number of carbonyl (C=O) groups is 1. The molecule has 1 heterocycles. The first kappa shape index (κ1) is 19.5. The van der Waals surface area contributed by atoms with Crippen molar-refractivity contribution < 1.29 is 18.7 Å². The van der Waals surface area contributed by atoms with E-state index in [9.17, 15) is 4.79 Å². The van der Waals surface area contributed by atoms with Gasteiger partial charge in [0.1, 0.15) is 5.76 Å². The van der Waals surface area contributed by atoms with Gasteiger partial charge in [0.15, 0.2) is 11.5 Å². The molecule has 0 unspecified atom stereocenters. The number of methoxy groups -OCH3 is 2. The van der Waals surface area contributed by atoms with E-state index in [1.165, 1.54) is 5.56 Å². The van der Waals surface area contributed by atoms with Crippen molar-refractivity contribution in [2.24, 2.45) is 0 Å². The standard InChI is InChI=1S/C22H24N2O4/c1-14-5-7-16(8-6-14)22-24-18(15(2)28-22)11-12-23-21(25)17-9-10-19(26-3)20(13-17)27-4/h5-10,13H,11-12H2,1-4H3,(H,23,25). The third-order valence-electron chi connectivity index (χ3n) is 4.48. The molecule has 1 aromatic heterocycles. The van der Waals surface area contributed by atoms with Gasteiger partial charge in [0.05, 0.1) is 19.9 Å². The van der Waals surface area contributed by atoms with Crippen molar-refractivity contribution in [1.29, 1.82) is 0 Å². The molecule has 0 aliphatic rings. The fourth-order valence-electron chi connectivity index (χ4n) is 2.85. The van der Waals surface area contributed by atoms with Gasteiger partial charge in [0.25, 0.3) is 5.91 Å². The Morgan fingerprint density at radius 3 is 2.43 bits per heavy atom. The normalized spacial score (nSPS) is 10.6. The topological polar surface area (TPSA) is 73.6 Å². The molecule has 28 heavy (non-hydrogen) atoms. The Kier molecular flexibility index (Phi) is 5.99. The van der Waals surface area contributed by atoms with Crippen molar-refractivity contribution in [3.63, 3.8) is 0 Å². The highest BCUT2D eigenvalue weighted by Crippen LogP contribution is 2.27. The third kappa shape index (κ3) is 4.34. The van der Waals surface area contributed by atoms with Crippen molar-refractivity contribution >= 4 is 5.91 Å². The van der Waals surface area contributed by atoms with Gasteiger partial charge in [-0.1, -0.05) is 17.7 Å². The number of oxazole rings is 1. The van der Waals surface area contributed by atoms with Gasteiger partial charge in [-0.3, -0.25) is 4.79 Å². The summed E-state index contributed by atoms with van der Waals surface area (Å²) in [6, 6.07) is 13.1. The second kappa shape index (κ2) is 8.61. The van der Waals surface area contributed by atoms with Gasteiger partial charge < -0.3 is 19.2 Å². The van der Waals surface area contributed by atoms with E-state index in [4.69, 9.17) is 13.9 Å². The molecule has 0 bridgehead atoms. The molecular weight excluding hydrogens is 356 g/mol. The molecule has 1 amide bonds. The average molecular weight is 380 g/mol. The number of nitrogens with one attached hydrogen (secondary N) is 1. The Morgan fingerprint density at radius 2 is 1.75 bits per heavy atom. The molecule has 3 rings (SSSR count). The number of aromatic nitrogens is 1. The van der Waals surface area contributed by atoms with Crippen LogP contribution in [-0.2, 0) is 6.42 Å². The smallest absolute Gasteiger partial charge is 0.251 e. The van der Waals surface area contributed by atoms with E-state index < -0.39 is 0 Å². The van der Waals surface area contributed by atoms with Crippen molar-refractivity contribution in [3.05, 3.63) is 65.0 Å². The van der Waals surface area contributed by atoms with E-state index in [0.717, 1.165) is 17.0 Å². The number of aryl methyl sites for hydroxylation is 2. The second-order valence-corrected chi connectivity index (χ2v) is 6.46. The minimum absolute atomic E-state index is 0.180. The Balaban J connectivity index is 1.62. The highest BCUT2D eigenvalue weighted by atomic mass is 16.5. The number of ether oxygens (including phenoxy) is 2. The van der Waals surface area contributed by atoms with Crippen LogP contribution in [0.25, 0.3) is 11.5 Å². The number of hydrogen-bond acceptors (Lipinski definition) is 5. The van der Waals surface area contributed by atoms with Crippen LogP contribution in [0.15, 0.2) is 46.9 Å². The molecule has 0 atom stereocenters. The molecule has 0 spiro atoms. The summed E-state index contributed by atoms with van der Waals surface area (Å²) < 4.78 is 16.2. The number of rotatable bonds is 7. The van der Waals surface area contributed by atoms with Crippen LogP contribution < -0.4 is 14.8 Å². The third-order valence-corrected chi connectivity index (χ3v) is 4.48. The highest BCUT2D eigenvalue weighted by molar-refractivity contribution is 5.94. The summed E-state index contributed by atoms with van der Waals surface area (Å²) in [5, 5.41) is 2.90. The Hall–Kier alpha value is -3.28. The lowest BCUT2D eigenvalue weighted by Crippen LogP contribution is -2.25. The maximum atomic E-state index is 12.4. The molecule has 0 radical (unpaired) electrons. The zero-order valence-corrected chi connectivity index (χ0v) is 16.5. The summed E-state index contributed by atoms with van der Waals surface area (Å²) in [5.74, 6) is 2.28. The predicted octanol–water partition coefficient (Wildman–Crippen LogP) is 3.95. The Morgan fingerprint density at radius 1 is 1.04 bits per heavy atom. The number of hydrogen-bond donors (Lipinski definition) is 1. The van der Waals surface area contributed by atoms with Crippen LogP contribution in [0.4, 0.5) is 0 Å². The van der Waals surface area contributed by atoms with Gasteiger partial charge >= 0.3 is 0 Å². The van der Waals surface area contributed by atoms with E-state index in [-0.39, 0.29) is 5.91 Å². The molecule has 1 N–H and O–H groups in total. The molecule has 0 aliphatic heterocycles. The van der Waals surface area contributed by atoms with E-state index in [1.54, 1.807) is 32.4 Å². The summed E-state index contributed by atoms with van der Waals surface area (Å²) in [6.45, 7) is 4.38. The highest BCUT2D eigenvalue weighted by Gasteiger charge is 2.13. The van der Waals surface area contributed by atoms with Gasteiger partial charge in [0, 0.05) is 24.1 Å². The zero-order valence-electron chi connectivity index (χ0n) is 16.5. The van der Waals surface area contributed by atoms with Crippen LogP contribution in [0.2, 0.25) is 0 Å². The lowest BCUT2D eigenvalue weighted by molar-refractivity contribution is 0.0953. The molecule has 0 fully saturated rings. The van der Waals surface area contributed by atoms with Gasteiger partial charge in [-0.2, -0.15) is 0 Å². The predicted molar refractivity (Wildman–Crippen MR) is 107 cm³/mol.